The van der Waals surface area contributed by atoms with E-state index < -0.39 is 0 Å². The van der Waals surface area contributed by atoms with E-state index in [4.69, 9.17) is 4.74 Å². The summed E-state index contributed by atoms with van der Waals surface area (Å²) in [5, 5.41) is -0.166. The molecule has 2 aliphatic rings. The van der Waals surface area contributed by atoms with Crippen LogP contribution in [0.4, 0.5) is 5.69 Å². The number of benzene rings is 2. The number of morpholine rings is 1. The molecule has 4 nitrogen and oxygen atoms in total. The van der Waals surface area contributed by atoms with Crippen molar-refractivity contribution in [3.63, 3.8) is 0 Å². The molecule has 1 atom stereocenters. The first-order valence-corrected chi connectivity index (χ1v) is 10.1. The van der Waals surface area contributed by atoms with Crippen molar-refractivity contribution in [1.29, 1.82) is 0 Å². The third-order valence-corrected chi connectivity index (χ3v) is 6.72. The van der Waals surface area contributed by atoms with Gasteiger partial charge in [-0.1, -0.05) is 42.5 Å². The molecule has 1 amide bonds. The normalized spacial score (nSPS) is 22.1. The Kier molecular flexibility index (Phi) is 5.02. The quantitative estimate of drug-likeness (QED) is 0.774. The first kappa shape index (κ1) is 17.6. The predicted molar refractivity (Wildman–Crippen MR) is 105 cm³/mol. The molecule has 136 valence electrons. The molecule has 2 aliphatic heterocycles. The van der Waals surface area contributed by atoms with Crippen LogP contribution < -0.4 is 4.90 Å². The zero-order valence-electron chi connectivity index (χ0n) is 15.1. The van der Waals surface area contributed by atoms with E-state index in [1.54, 1.807) is 11.8 Å². The third-order valence-electron chi connectivity index (χ3n) is 5.41. The van der Waals surface area contributed by atoms with Crippen molar-refractivity contribution >= 4 is 23.4 Å². The second-order valence-electron chi connectivity index (χ2n) is 7.27. The van der Waals surface area contributed by atoms with Gasteiger partial charge in [0, 0.05) is 4.90 Å². The second-order valence-corrected chi connectivity index (χ2v) is 8.42. The van der Waals surface area contributed by atoms with E-state index >= 15 is 0 Å². The van der Waals surface area contributed by atoms with E-state index in [0.717, 1.165) is 55.1 Å². The van der Waals surface area contributed by atoms with Gasteiger partial charge >= 0.3 is 0 Å². The lowest BCUT2D eigenvalue weighted by Crippen LogP contribution is -2.55. The van der Waals surface area contributed by atoms with Gasteiger partial charge in [-0.3, -0.25) is 4.79 Å². The number of fused-ring (bicyclic) bond motifs is 1. The number of nitrogens with zero attached hydrogens (tertiary/aromatic N) is 2. The predicted octanol–water partition coefficient (Wildman–Crippen LogP) is 3.34. The fourth-order valence-corrected chi connectivity index (χ4v) is 4.87. The number of quaternary nitrogens is 1. The van der Waals surface area contributed by atoms with E-state index in [-0.39, 0.29) is 11.2 Å². The fourth-order valence-electron chi connectivity index (χ4n) is 3.64. The molecule has 0 N–H and O–H groups in total. The van der Waals surface area contributed by atoms with Crippen molar-refractivity contribution in [2.45, 2.75) is 10.1 Å². The lowest BCUT2D eigenvalue weighted by molar-refractivity contribution is -0.915. The summed E-state index contributed by atoms with van der Waals surface area (Å²) in [5.41, 5.74) is 2.13. The first-order valence-electron chi connectivity index (χ1n) is 9.20. The van der Waals surface area contributed by atoms with Crippen LogP contribution in [0.3, 0.4) is 0 Å². The van der Waals surface area contributed by atoms with E-state index in [1.807, 2.05) is 29.2 Å². The van der Waals surface area contributed by atoms with Gasteiger partial charge in [0.05, 0.1) is 39.0 Å². The summed E-state index contributed by atoms with van der Waals surface area (Å²) >= 11 is 1.67. The Balaban J connectivity index is 1.60. The minimum Gasteiger partial charge on any atom is -0.370 e. The highest BCUT2D eigenvalue weighted by Crippen LogP contribution is 2.46. The number of para-hydroxylation sites is 1. The molecule has 5 heteroatoms. The van der Waals surface area contributed by atoms with Gasteiger partial charge in [0.15, 0.2) is 0 Å². The minimum absolute atomic E-state index is 0.166. The summed E-state index contributed by atoms with van der Waals surface area (Å²) in [4.78, 5) is 16.5. The van der Waals surface area contributed by atoms with Crippen LogP contribution in [0.5, 0.6) is 0 Å². The summed E-state index contributed by atoms with van der Waals surface area (Å²) in [6.45, 7) is 5.35. The Morgan fingerprint density at radius 2 is 1.77 bits per heavy atom. The molecule has 1 saturated heterocycles. The number of hydrogen-bond donors (Lipinski definition) is 0. The lowest BCUT2D eigenvalue weighted by Gasteiger charge is -2.40. The fraction of sp³-hybridized carbons (Fsp3) is 0.381. The number of hydrogen-bond acceptors (Lipinski definition) is 3. The SMILES string of the molecule is C[N+]1(CCN2C(=O)[C@@H](c3ccccc3)Sc3ccccc32)CCOCC1. The average Bonchev–Trinajstić information content (AvgIpc) is 2.68. The Morgan fingerprint density at radius 3 is 2.54 bits per heavy atom. The topological polar surface area (TPSA) is 29.5 Å². The number of rotatable bonds is 4. The van der Waals surface area contributed by atoms with Gasteiger partial charge in [0.25, 0.3) is 0 Å². The number of likely N-dealkylation sites (N-methyl/N-ethyl adjacent to an activating group) is 1. The van der Waals surface area contributed by atoms with Gasteiger partial charge in [-0.2, -0.15) is 0 Å². The summed E-state index contributed by atoms with van der Waals surface area (Å²) < 4.78 is 6.48. The lowest BCUT2D eigenvalue weighted by atomic mass is 10.1. The van der Waals surface area contributed by atoms with Crippen LogP contribution in [0.25, 0.3) is 0 Å². The van der Waals surface area contributed by atoms with Gasteiger partial charge in [-0.05, 0) is 17.7 Å². The van der Waals surface area contributed by atoms with Crippen molar-refractivity contribution in [2.24, 2.45) is 0 Å². The molecule has 0 spiro atoms. The number of thioether (sulfide) groups is 1. The van der Waals surface area contributed by atoms with Crippen LogP contribution in [-0.2, 0) is 9.53 Å². The van der Waals surface area contributed by atoms with Gasteiger partial charge in [-0.15, -0.1) is 11.8 Å². The van der Waals surface area contributed by atoms with Gasteiger partial charge in [0.2, 0.25) is 5.91 Å². The zero-order valence-corrected chi connectivity index (χ0v) is 16.0. The van der Waals surface area contributed by atoms with Crippen LogP contribution in [0.15, 0.2) is 59.5 Å². The smallest absolute Gasteiger partial charge is 0.245 e. The highest BCUT2D eigenvalue weighted by Gasteiger charge is 2.36. The Labute approximate surface area is 159 Å². The Bertz CT molecular complexity index is 775. The third kappa shape index (κ3) is 3.52. The highest BCUT2D eigenvalue weighted by atomic mass is 32.2. The van der Waals surface area contributed by atoms with Crippen LogP contribution in [0.2, 0.25) is 0 Å². The maximum Gasteiger partial charge on any atom is 0.245 e. The number of anilines is 1. The molecule has 2 aromatic carbocycles. The highest BCUT2D eigenvalue weighted by molar-refractivity contribution is 8.00. The number of carbonyl (C=O) groups excluding carboxylic acids is 1. The molecular formula is C21H25N2O2S+. The minimum atomic E-state index is -0.166. The molecule has 0 radical (unpaired) electrons. The zero-order chi connectivity index (χ0) is 18.0. The average molecular weight is 370 g/mol. The molecule has 0 bridgehead atoms. The van der Waals surface area contributed by atoms with Gasteiger partial charge in [0.1, 0.15) is 18.3 Å². The molecule has 2 aromatic rings. The molecule has 0 aliphatic carbocycles. The summed E-state index contributed by atoms with van der Waals surface area (Å²) in [7, 11) is 2.27. The largest absolute Gasteiger partial charge is 0.370 e. The molecule has 26 heavy (non-hydrogen) atoms. The molecule has 4 rings (SSSR count). The van der Waals surface area contributed by atoms with Crippen molar-refractivity contribution < 1.29 is 14.0 Å². The van der Waals surface area contributed by atoms with E-state index in [2.05, 4.69) is 37.4 Å². The molecule has 1 fully saturated rings. The Hall–Kier alpha value is -1.82. The monoisotopic (exact) mass is 369 g/mol. The van der Waals surface area contributed by atoms with Crippen LogP contribution in [0, 0.1) is 0 Å². The maximum absolute atomic E-state index is 13.3. The van der Waals surface area contributed by atoms with E-state index in [0.29, 0.717) is 0 Å². The number of amides is 1. The number of ether oxygens (including phenoxy) is 1. The van der Waals surface area contributed by atoms with Crippen molar-refractivity contribution in [1.82, 2.24) is 0 Å². The van der Waals surface area contributed by atoms with Crippen LogP contribution in [0.1, 0.15) is 10.8 Å². The van der Waals surface area contributed by atoms with E-state index in [9.17, 15) is 4.79 Å². The molecule has 0 unspecified atom stereocenters. The molecule has 2 heterocycles. The first-order chi connectivity index (χ1) is 12.7. The second kappa shape index (κ2) is 7.43. The molecule has 0 aromatic heterocycles. The van der Waals surface area contributed by atoms with Gasteiger partial charge in [-0.25, -0.2) is 0 Å². The van der Waals surface area contributed by atoms with Crippen LogP contribution >= 0.6 is 11.8 Å². The molecule has 0 saturated carbocycles. The van der Waals surface area contributed by atoms with Crippen molar-refractivity contribution in [3.05, 3.63) is 60.2 Å². The summed E-state index contributed by atoms with van der Waals surface area (Å²) in [6.07, 6.45) is 0. The number of carbonyl (C=O) groups is 1. The van der Waals surface area contributed by atoms with E-state index in [1.165, 1.54) is 4.90 Å². The van der Waals surface area contributed by atoms with Gasteiger partial charge < -0.3 is 14.1 Å². The van der Waals surface area contributed by atoms with Crippen molar-refractivity contribution in [2.75, 3.05) is 51.3 Å². The van der Waals surface area contributed by atoms with Crippen molar-refractivity contribution in [3.8, 4) is 0 Å². The summed E-state index contributed by atoms with van der Waals surface area (Å²) in [6, 6.07) is 18.4. The Morgan fingerprint density at radius 1 is 1.08 bits per heavy atom. The standard InChI is InChI=1S/C21H25N2O2S/c1-23(13-15-25-16-14-23)12-11-22-18-9-5-6-10-19(18)26-20(21(22)24)17-7-3-2-4-8-17/h2-10,20H,11-16H2,1H3/q+1/t20-/m1/s1. The summed E-state index contributed by atoms with van der Waals surface area (Å²) in [5.74, 6) is 0.194. The molecular weight excluding hydrogens is 344 g/mol. The van der Waals surface area contributed by atoms with Crippen LogP contribution in [-0.4, -0.2) is 56.8 Å². The maximum atomic E-state index is 13.3.